The van der Waals surface area contributed by atoms with Crippen molar-refractivity contribution >= 4 is 22.7 Å². The fourth-order valence-corrected chi connectivity index (χ4v) is 1.77. The molecule has 0 N–H and O–H groups in total. The summed E-state index contributed by atoms with van der Waals surface area (Å²) in [5.41, 5.74) is 0.698. The Balaban J connectivity index is 2.92. The Kier molecular flexibility index (Phi) is 2.29. The summed E-state index contributed by atoms with van der Waals surface area (Å²) < 4.78 is 1.51. The van der Waals surface area contributed by atoms with Crippen molar-refractivity contribution in [2.75, 3.05) is 0 Å². The number of hydrogen-bond donors (Lipinski definition) is 0. The van der Waals surface area contributed by atoms with E-state index in [2.05, 4.69) is 11.2 Å². The first kappa shape index (κ1) is 9.27. The summed E-state index contributed by atoms with van der Waals surface area (Å²) in [7, 11) is 1.70. The number of rotatable bonds is 1. The fourth-order valence-electron chi connectivity index (χ4n) is 1.33. The molecule has 0 atom stereocenters. The van der Waals surface area contributed by atoms with Crippen LogP contribution in [-0.2, 0) is 7.05 Å². The van der Waals surface area contributed by atoms with Crippen LogP contribution in [0.1, 0.15) is 0 Å². The van der Waals surface area contributed by atoms with E-state index in [1.807, 2.05) is 18.2 Å². The highest BCUT2D eigenvalue weighted by atomic mass is 32.2. The Bertz CT molecular complexity index is 533. The SMILES string of the molecule is [CH2]Sc1nc2ccccc2c(=O)n1C. The smallest absolute Gasteiger partial charge is 0.261 e. The molecule has 0 saturated carbocycles. The number of benzene rings is 1. The van der Waals surface area contributed by atoms with Gasteiger partial charge in [-0.3, -0.25) is 9.36 Å². The molecule has 1 radical (unpaired) electrons. The van der Waals surface area contributed by atoms with Gasteiger partial charge in [-0.05, 0) is 12.1 Å². The van der Waals surface area contributed by atoms with Crippen LogP contribution in [0.3, 0.4) is 0 Å². The number of hydrogen-bond acceptors (Lipinski definition) is 3. The Morgan fingerprint density at radius 2 is 2.14 bits per heavy atom. The third-order valence-corrected chi connectivity index (χ3v) is 2.69. The molecule has 1 aromatic carbocycles. The third kappa shape index (κ3) is 1.32. The number of aromatic nitrogens is 2. The maximum absolute atomic E-state index is 11.8. The normalized spacial score (nSPS) is 10.7. The second kappa shape index (κ2) is 3.46. The molecule has 3 nitrogen and oxygen atoms in total. The lowest BCUT2D eigenvalue weighted by atomic mass is 10.2. The summed E-state index contributed by atoms with van der Waals surface area (Å²) in [6.45, 7) is 0. The maximum atomic E-state index is 11.8. The minimum absolute atomic E-state index is 0.0262. The van der Waals surface area contributed by atoms with Crippen molar-refractivity contribution in [2.45, 2.75) is 5.16 Å². The van der Waals surface area contributed by atoms with Crippen LogP contribution in [0, 0.1) is 6.26 Å². The first-order chi connectivity index (χ1) is 6.74. The lowest BCUT2D eigenvalue weighted by Crippen LogP contribution is -2.19. The molecule has 14 heavy (non-hydrogen) atoms. The van der Waals surface area contributed by atoms with Gasteiger partial charge in [-0.1, -0.05) is 23.9 Å². The van der Waals surface area contributed by atoms with Gasteiger partial charge in [0.2, 0.25) is 0 Å². The molecule has 0 spiro atoms. The summed E-state index contributed by atoms with van der Waals surface area (Å²) >= 11 is 1.23. The summed E-state index contributed by atoms with van der Waals surface area (Å²) in [6.07, 6.45) is 3.66. The van der Waals surface area contributed by atoms with E-state index in [4.69, 9.17) is 0 Å². The van der Waals surface area contributed by atoms with Gasteiger partial charge in [0.05, 0.1) is 10.9 Å². The highest BCUT2D eigenvalue weighted by molar-refractivity contribution is 8.00. The van der Waals surface area contributed by atoms with E-state index in [9.17, 15) is 4.79 Å². The van der Waals surface area contributed by atoms with Crippen molar-refractivity contribution < 1.29 is 0 Å². The zero-order valence-electron chi connectivity index (χ0n) is 7.73. The Hall–Kier alpha value is -1.29. The molecule has 0 unspecified atom stereocenters. The van der Waals surface area contributed by atoms with E-state index < -0.39 is 0 Å². The fraction of sp³-hybridized carbons (Fsp3) is 0.100. The zero-order valence-corrected chi connectivity index (χ0v) is 8.54. The van der Waals surface area contributed by atoms with Crippen LogP contribution >= 0.6 is 11.8 Å². The average molecular weight is 205 g/mol. The Morgan fingerprint density at radius 3 is 2.86 bits per heavy atom. The summed E-state index contributed by atoms with van der Waals surface area (Å²) in [5, 5.41) is 1.28. The molecule has 1 aromatic heterocycles. The van der Waals surface area contributed by atoms with Crippen molar-refractivity contribution in [3.63, 3.8) is 0 Å². The van der Waals surface area contributed by atoms with Crippen molar-refractivity contribution in [3.05, 3.63) is 40.9 Å². The van der Waals surface area contributed by atoms with Crippen molar-refractivity contribution in [1.29, 1.82) is 0 Å². The molecule has 2 rings (SSSR count). The van der Waals surface area contributed by atoms with Gasteiger partial charge in [-0.25, -0.2) is 4.98 Å². The molecular formula is C10H9N2OS. The van der Waals surface area contributed by atoms with Crippen molar-refractivity contribution in [2.24, 2.45) is 7.05 Å². The second-order valence-corrected chi connectivity index (χ2v) is 3.57. The minimum Gasteiger partial charge on any atom is -0.290 e. The van der Waals surface area contributed by atoms with Crippen LogP contribution in [0.5, 0.6) is 0 Å². The topological polar surface area (TPSA) is 34.9 Å². The van der Waals surface area contributed by atoms with Gasteiger partial charge in [-0.2, -0.15) is 0 Å². The number of nitrogens with zero attached hydrogens (tertiary/aromatic N) is 2. The van der Waals surface area contributed by atoms with Gasteiger partial charge in [0.15, 0.2) is 5.16 Å². The molecule has 4 heteroatoms. The average Bonchev–Trinajstić information content (AvgIpc) is 2.23. The summed E-state index contributed by atoms with van der Waals surface area (Å²) in [4.78, 5) is 16.1. The summed E-state index contributed by atoms with van der Waals surface area (Å²) in [6, 6.07) is 7.31. The van der Waals surface area contributed by atoms with Crippen LogP contribution in [-0.4, -0.2) is 9.55 Å². The quantitative estimate of drug-likeness (QED) is 0.526. The molecule has 0 bridgehead atoms. The molecule has 0 aliphatic carbocycles. The van der Waals surface area contributed by atoms with Gasteiger partial charge < -0.3 is 0 Å². The van der Waals surface area contributed by atoms with E-state index in [0.29, 0.717) is 10.5 Å². The van der Waals surface area contributed by atoms with Crippen LogP contribution in [0.25, 0.3) is 10.9 Å². The first-order valence-electron chi connectivity index (χ1n) is 4.12. The van der Waals surface area contributed by atoms with Crippen molar-refractivity contribution in [3.8, 4) is 0 Å². The highest BCUT2D eigenvalue weighted by Crippen LogP contribution is 2.14. The van der Waals surface area contributed by atoms with Gasteiger partial charge >= 0.3 is 0 Å². The highest BCUT2D eigenvalue weighted by Gasteiger charge is 2.05. The predicted octanol–water partition coefficient (Wildman–Crippen LogP) is 1.82. The molecule has 71 valence electrons. The monoisotopic (exact) mass is 205 g/mol. The standard InChI is InChI=1S/C10H9N2OS/c1-12-9(13)7-5-3-4-6-8(7)11-10(12)14-2/h3-6H,2H2,1H3. The first-order valence-corrected chi connectivity index (χ1v) is 5.10. The molecule has 1 heterocycles. The predicted molar refractivity (Wildman–Crippen MR) is 58.2 cm³/mol. The van der Waals surface area contributed by atoms with Crippen molar-refractivity contribution in [1.82, 2.24) is 9.55 Å². The van der Waals surface area contributed by atoms with E-state index in [-0.39, 0.29) is 5.56 Å². The lowest BCUT2D eigenvalue weighted by molar-refractivity contribution is 0.728. The van der Waals surface area contributed by atoms with Crippen LogP contribution in [0.15, 0.2) is 34.2 Å². The molecular weight excluding hydrogens is 196 g/mol. The molecule has 0 saturated heterocycles. The Labute approximate surface area is 85.8 Å². The number of thioether (sulfide) groups is 1. The van der Waals surface area contributed by atoms with Crippen LogP contribution < -0.4 is 5.56 Å². The van der Waals surface area contributed by atoms with Crippen LogP contribution in [0.2, 0.25) is 0 Å². The molecule has 0 fully saturated rings. The van der Waals surface area contributed by atoms with Gasteiger partial charge in [0.25, 0.3) is 5.56 Å². The largest absolute Gasteiger partial charge is 0.290 e. The number of fused-ring (bicyclic) bond motifs is 1. The summed E-state index contributed by atoms with van der Waals surface area (Å²) in [5.74, 6) is 0. The van der Waals surface area contributed by atoms with Crippen LogP contribution in [0.4, 0.5) is 0 Å². The van der Waals surface area contributed by atoms with Gasteiger partial charge in [-0.15, -0.1) is 0 Å². The lowest BCUT2D eigenvalue weighted by Gasteiger charge is -2.05. The third-order valence-electron chi connectivity index (χ3n) is 2.07. The minimum atomic E-state index is -0.0262. The Morgan fingerprint density at radius 1 is 1.43 bits per heavy atom. The van der Waals surface area contributed by atoms with E-state index in [1.165, 1.54) is 16.3 Å². The zero-order chi connectivity index (χ0) is 10.1. The molecule has 0 aliphatic rings. The van der Waals surface area contributed by atoms with Gasteiger partial charge in [0.1, 0.15) is 0 Å². The maximum Gasteiger partial charge on any atom is 0.261 e. The van der Waals surface area contributed by atoms with E-state index in [1.54, 1.807) is 13.1 Å². The molecule has 2 aromatic rings. The number of para-hydroxylation sites is 1. The van der Waals surface area contributed by atoms with Gasteiger partial charge in [0, 0.05) is 13.3 Å². The molecule has 0 amide bonds. The van der Waals surface area contributed by atoms with E-state index >= 15 is 0 Å². The second-order valence-electron chi connectivity index (χ2n) is 2.92. The molecule has 0 aliphatic heterocycles. The van der Waals surface area contributed by atoms with E-state index in [0.717, 1.165) is 5.52 Å².